The number of hydrogen-bond donors (Lipinski definition) is 0. The molecule has 0 spiro atoms. The first-order valence-corrected chi connectivity index (χ1v) is 10.6. The van der Waals surface area contributed by atoms with Gasteiger partial charge in [0.05, 0.1) is 32.8 Å². The summed E-state index contributed by atoms with van der Waals surface area (Å²) in [5.74, 6) is -9.04. The van der Waals surface area contributed by atoms with E-state index >= 15 is 0 Å². The molecule has 0 atom stereocenters. The average Bonchev–Trinajstić information content (AvgIpc) is 2.71. The van der Waals surface area contributed by atoms with Gasteiger partial charge in [0.25, 0.3) is 0 Å². The van der Waals surface area contributed by atoms with Crippen molar-refractivity contribution < 1.29 is 41.4 Å². The van der Waals surface area contributed by atoms with Crippen LogP contribution in [0.15, 0.2) is 6.07 Å². The third-order valence-electron chi connectivity index (χ3n) is 5.16. The minimum atomic E-state index is -1.78. The lowest BCUT2D eigenvalue weighted by Gasteiger charge is -2.18. The Balaban J connectivity index is 1.55. The van der Waals surface area contributed by atoms with Gasteiger partial charge in [-0.1, -0.05) is 32.1 Å². The van der Waals surface area contributed by atoms with Gasteiger partial charge in [0.15, 0.2) is 11.6 Å². The maximum atomic E-state index is 13.4. The number of hydrogen-bond acceptors (Lipinski definition) is 5. The fourth-order valence-corrected chi connectivity index (χ4v) is 3.44. The number of Topliss-reactive ketones (excluding diaryl/α,β-unsaturated/α-hetero) is 1. The van der Waals surface area contributed by atoms with E-state index in [1.54, 1.807) is 0 Å². The van der Waals surface area contributed by atoms with E-state index in [2.05, 4.69) is 4.74 Å². The van der Waals surface area contributed by atoms with Crippen molar-refractivity contribution in [3.05, 3.63) is 29.3 Å². The van der Waals surface area contributed by atoms with Gasteiger partial charge < -0.3 is 14.2 Å². The summed E-state index contributed by atoms with van der Waals surface area (Å²) in [7, 11) is 0. The summed E-state index contributed by atoms with van der Waals surface area (Å²) >= 11 is 0. The Morgan fingerprint density at radius 1 is 0.774 bits per heavy atom. The van der Waals surface area contributed by atoms with Crippen LogP contribution in [0.2, 0.25) is 0 Å². The Morgan fingerprint density at radius 3 is 1.87 bits per heavy atom. The predicted molar refractivity (Wildman–Crippen MR) is 104 cm³/mol. The second kappa shape index (κ2) is 13.4. The molecule has 1 fully saturated rings. The molecule has 2 rings (SSSR count). The predicted octanol–water partition coefficient (Wildman–Crippen LogP) is 4.89. The van der Waals surface area contributed by atoms with E-state index in [-0.39, 0.29) is 44.0 Å². The fraction of sp³-hybridized carbons (Fsp3) is 0.636. The van der Waals surface area contributed by atoms with E-state index < -0.39 is 35.0 Å². The van der Waals surface area contributed by atoms with Gasteiger partial charge in [0.2, 0.25) is 17.4 Å². The summed E-state index contributed by atoms with van der Waals surface area (Å²) in [6, 6.07) is 0.0243. The molecule has 0 N–H and O–H groups in total. The molecule has 0 radical (unpaired) electrons. The molecular weight excluding hydrogens is 420 g/mol. The van der Waals surface area contributed by atoms with E-state index in [1.165, 1.54) is 19.3 Å². The van der Waals surface area contributed by atoms with Gasteiger partial charge >= 0.3 is 5.97 Å². The quantitative estimate of drug-likeness (QED) is 0.159. The summed E-state index contributed by atoms with van der Waals surface area (Å²) in [4.78, 5) is 23.8. The molecular formula is C22H28F4O5. The number of benzene rings is 1. The molecule has 1 aliphatic carbocycles. The second-order valence-corrected chi connectivity index (χ2v) is 7.50. The smallest absolute Gasteiger partial charge is 0.313 e. The van der Waals surface area contributed by atoms with Gasteiger partial charge in [0, 0.05) is 18.4 Å². The van der Waals surface area contributed by atoms with Crippen LogP contribution in [0.25, 0.3) is 0 Å². The Hall–Kier alpha value is -2.00. The SMILES string of the molecule is O=C(CCOCCOCCC(=O)C1CCCCCCC1)Oc1c(F)c(F)cc(F)c1F. The van der Waals surface area contributed by atoms with Crippen LogP contribution in [-0.4, -0.2) is 38.2 Å². The molecule has 1 aliphatic rings. The zero-order valence-electron chi connectivity index (χ0n) is 17.4. The topological polar surface area (TPSA) is 61.8 Å². The Bertz CT molecular complexity index is 707. The number of rotatable bonds is 11. The van der Waals surface area contributed by atoms with Crippen LogP contribution in [0.1, 0.15) is 57.8 Å². The molecule has 0 amide bonds. The third-order valence-corrected chi connectivity index (χ3v) is 5.16. The molecule has 31 heavy (non-hydrogen) atoms. The standard InChI is InChI=1S/C22H28F4O5/c23-16-14-17(24)21(26)22(20(16)25)31-19(28)9-11-30-13-12-29-10-8-18(27)15-6-4-2-1-3-5-7-15/h14-15H,1-13H2. The van der Waals surface area contributed by atoms with Crippen molar-refractivity contribution >= 4 is 11.8 Å². The molecule has 1 aromatic carbocycles. The number of ether oxygens (including phenoxy) is 3. The average molecular weight is 448 g/mol. The molecule has 1 saturated carbocycles. The van der Waals surface area contributed by atoms with Gasteiger partial charge in [-0.2, -0.15) is 8.78 Å². The van der Waals surface area contributed by atoms with Gasteiger partial charge in [0.1, 0.15) is 5.78 Å². The van der Waals surface area contributed by atoms with Gasteiger partial charge in [-0.15, -0.1) is 0 Å². The van der Waals surface area contributed by atoms with E-state index in [0.717, 1.165) is 25.7 Å². The summed E-state index contributed by atoms with van der Waals surface area (Å²) in [6.45, 7) is 0.516. The molecule has 5 nitrogen and oxygen atoms in total. The first kappa shape index (κ1) is 25.3. The lowest BCUT2D eigenvalue weighted by molar-refractivity contribution is -0.136. The number of esters is 1. The van der Waals surface area contributed by atoms with Gasteiger partial charge in [-0.05, 0) is 12.8 Å². The number of halogens is 4. The Kier molecular flexibility index (Phi) is 10.9. The highest BCUT2D eigenvalue weighted by molar-refractivity contribution is 5.81. The maximum absolute atomic E-state index is 13.4. The zero-order valence-corrected chi connectivity index (χ0v) is 17.4. The first-order chi connectivity index (χ1) is 14.9. The van der Waals surface area contributed by atoms with Crippen molar-refractivity contribution in [3.63, 3.8) is 0 Å². The largest absolute Gasteiger partial charge is 0.420 e. The first-order valence-electron chi connectivity index (χ1n) is 10.6. The minimum absolute atomic E-state index is 0.0243. The van der Waals surface area contributed by atoms with Crippen molar-refractivity contribution in [2.45, 2.75) is 57.8 Å². The molecule has 1 aromatic rings. The molecule has 0 bridgehead atoms. The highest BCUT2D eigenvalue weighted by Gasteiger charge is 2.23. The van der Waals surface area contributed by atoms with Gasteiger partial charge in [-0.3, -0.25) is 9.59 Å². The zero-order chi connectivity index (χ0) is 22.6. The van der Waals surface area contributed by atoms with E-state index in [4.69, 9.17) is 9.47 Å². The molecule has 174 valence electrons. The van der Waals surface area contributed by atoms with Crippen LogP contribution in [0.5, 0.6) is 5.75 Å². The highest BCUT2D eigenvalue weighted by atomic mass is 19.2. The van der Waals surface area contributed by atoms with Crippen molar-refractivity contribution in [2.75, 3.05) is 26.4 Å². The summed E-state index contributed by atoms with van der Waals surface area (Å²) in [5.41, 5.74) is 0. The summed E-state index contributed by atoms with van der Waals surface area (Å²) in [6.07, 6.45) is 7.71. The van der Waals surface area contributed by atoms with Crippen LogP contribution in [0.4, 0.5) is 17.6 Å². The summed E-state index contributed by atoms with van der Waals surface area (Å²) < 4.78 is 67.9. The third kappa shape index (κ3) is 8.57. The Labute approximate surface area is 179 Å². The van der Waals surface area contributed by atoms with Crippen molar-refractivity contribution in [3.8, 4) is 5.75 Å². The fourth-order valence-electron chi connectivity index (χ4n) is 3.44. The highest BCUT2D eigenvalue weighted by Crippen LogP contribution is 2.27. The van der Waals surface area contributed by atoms with E-state index in [9.17, 15) is 27.2 Å². The molecule has 0 aromatic heterocycles. The van der Waals surface area contributed by atoms with Crippen LogP contribution in [0.3, 0.4) is 0 Å². The van der Waals surface area contributed by atoms with E-state index in [0.29, 0.717) is 13.0 Å². The van der Waals surface area contributed by atoms with Crippen molar-refractivity contribution in [1.82, 2.24) is 0 Å². The normalized spacial score (nSPS) is 15.4. The van der Waals surface area contributed by atoms with Crippen molar-refractivity contribution in [2.24, 2.45) is 5.92 Å². The van der Waals surface area contributed by atoms with Crippen LogP contribution < -0.4 is 4.74 Å². The van der Waals surface area contributed by atoms with Crippen molar-refractivity contribution in [1.29, 1.82) is 0 Å². The Morgan fingerprint density at radius 2 is 1.29 bits per heavy atom. The van der Waals surface area contributed by atoms with Crippen LogP contribution in [-0.2, 0) is 19.1 Å². The second-order valence-electron chi connectivity index (χ2n) is 7.50. The van der Waals surface area contributed by atoms with Crippen LogP contribution in [0, 0.1) is 29.2 Å². The molecule has 0 unspecified atom stereocenters. The molecule has 0 aliphatic heterocycles. The maximum Gasteiger partial charge on any atom is 0.313 e. The van der Waals surface area contributed by atoms with E-state index in [1.807, 2.05) is 0 Å². The number of carbonyl (C=O) groups is 2. The minimum Gasteiger partial charge on any atom is -0.420 e. The molecule has 9 heteroatoms. The number of carbonyl (C=O) groups excluding carboxylic acids is 2. The molecule has 0 saturated heterocycles. The molecule has 0 heterocycles. The lowest BCUT2D eigenvalue weighted by Crippen LogP contribution is -2.18. The monoisotopic (exact) mass is 448 g/mol. The van der Waals surface area contributed by atoms with Gasteiger partial charge in [-0.25, -0.2) is 8.78 Å². The lowest BCUT2D eigenvalue weighted by atomic mass is 9.87. The number of ketones is 1. The summed E-state index contributed by atoms with van der Waals surface area (Å²) in [5, 5.41) is 0. The van der Waals surface area contributed by atoms with Crippen LogP contribution >= 0.6 is 0 Å².